The number of rotatable bonds is 11. The van der Waals surface area contributed by atoms with Gasteiger partial charge in [0.05, 0.1) is 15.5 Å². The van der Waals surface area contributed by atoms with E-state index in [4.69, 9.17) is 0 Å². The highest BCUT2D eigenvalue weighted by Gasteiger charge is 2.26. The van der Waals surface area contributed by atoms with Crippen LogP contribution in [-0.4, -0.2) is 37.0 Å². The number of aliphatic carboxylic acids is 1. The van der Waals surface area contributed by atoms with Crippen LogP contribution < -0.4 is 0 Å². The molecule has 0 saturated heterocycles. The van der Waals surface area contributed by atoms with Gasteiger partial charge < -0.3 is 5.11 Å². The molecule has 2 aromatic rings. The normalized spacial score (nSPS) is 17.6. The van der Waals surface area contributed by atoms with Crippen molar-refractivity contribution in [2.24, 2.45) is 10.9 Å². The molecule has 2 aromatic carbocycles. The molecule has 1 aliphatic carbocycles. The van der Waals surface area contributed by atoms with Crippen molar-refractivity contribution < 1.29 is 23.1 Å². The summed E-state index contributed by atoms with van der Waals surface area (Å²) in [4.78, 5) is 29.8. The minimum atomic E-state index is -3.68. The maximum Gasteiger partial charge on any atom is 0.316 e. The first-order valence-electron chi connectivity index (χ1n) is 11.4. The number of unbranched alkanes of at least 4 members (excludes halogenated alkanes) is 3. The highest BCUT2D eigenvalue weighted by atomic mass is 32.2. The summed E-state index contributed by atoms with van der Waals surface area (Å²) in [7, 11) is -3.68. The number of Topliss-reactive ketones (excluding diaryl/α,β-unsaturated/α-hetero) is 1. The molecule has 0 aliphatic heterocycles. The molecule has 0 bridgehead atoms. The van der Waals surface area contributed by atoms with Gasteiger partial charge in [-0.2, -0.15) is 0 Å². The number of carboxylic acid groups (broad SMARTS) is 1. The molecule has 2 unspecified atom stereocenters. The van der Waals surface area contributed by atoms with Crippen LogP contribution >= 0.6 is 0 Å². The molecular formula is C27H29NO5S. The van der Waals surface area contributed by atoms with Gasteiger partial charge in [-0.05, 0) is 36.8 Å². The Morgan fingerprint density at radius 1 is 0.941 bits per heavy atom. The summed E-state index contributed by atoms with van der Waals surface area (Å²) in [5.74, 6) is -2.17. The molecular weight excluding hydrogens is 450 g/mol. The molecule has 0 fully saturated rings. The number of ketones is 1. The van der Waals surface area contributed by atoms with Crippen LogP contribution in [0, 0.1) is 5.92 Å². The van der Waals surface area contributed by atoms with Gasteiger partial charge in [0.2, 0.25) is 9.84 Å². The molecule has 0 aromatic heterocycles. The van der Waals surface area contributed by atoms with Crippen LogP contribution in [-0.2, 0) is 14.6 Å². The number of benzene rings is 2. The van der Waals surface area contributed by atoms with Crippen LogP contribution in [0.1, 0.15) is 49.4 Å². The number of sulfone groups is 1. The highest BCUT2D eigenvalue weighted by Crippen LogP contribution is 2.23. The van der Waals surface area contributed by atoms with Crippen LogP contribution in [0.2, 0.25) is 0 Å². The minimum Gasteiger partial charge on any atom is -0.481 e. The van der Waals surface area contributed by atoms with Crippen LogP contribution in [0.25, 0.3) is 0 Å². The second kappa shape index (κ2) is 11.7. The average Bonchev–Trinajstić information content (AvgIpc) is 2.86. The lowest BCUT2D eigenvalue weighted by Gasteiger charge is -2.17. The third-order valence-electron chi connectivity index (χ3n) is 5.71. The lowest BCUT2D eigenvalue weighted by Crippen LogP contribution is -2.27. The van der Waals surface area contributed by atoms with E-state index in [0.29, 0.717) is 17.7 Å². The predicted molar refractivity (Wildman–Crippen MR) is 132 cm³/mol. The molecule has 1 aliphatic rings. The summed E-state index contributed by atoms with van der Waals surface area (Å²) in [6, 6.07) is 13.3. The summed E-state index contributed by atoms with van der Waals surface area (Å²) < 4.78 is 25.7. The zero-order valence-electron chi connectivity index (χ0n) is 19.1. The van der Waals surface area contributed by atoms with Crippen molar-refractivity contribution >= 4 is 27.3 Å². The lowest BCUT2D eigenvalue weighted by molar-refractivity contribution is -0.138. The standard InChI is InChI=1S/C27H29NO5S/c1-2-3-4-8-15-25(28-24-14-10-9-13-23(24)27(30)31)26(29)20-16-18-22(19-17-20)34(32,33)21-11-6-5-7-12-21/h5-7,9-14,16-19,23,25H,2-4,8,15H2,1H3,(H,30,31). The highest BCUT2D eigenvalue weighted by molar-refractivity contribution is 7.91. The molecule has 0 spiro atoms. The van der Waals surface area contributed by atoms with Crippen molar-refractivity contribution in [2.45, 2.75) is 54.9 Å². The number of carbonyl (C=O) groups is 2. The van der Waals surface area contributed by atoms with Gasteiger partial charge in [0, 0.05) is 5.56 Å². The van der Waals surface area contributed by atoms with E-state index in [-0.39, 0.29) is 15.6 Å². The number of aliphatic imine (C=N–C) groups is 1. The summed E-state index contributed by atoms with van der Waals surface area (Å²) in [6.45, 7) is 2.10. The average molecular weight is 480 g/mol. The molecule has 3 rings (SSSR count). The van der Waals surface area contributed by atoms with Crippen LogP contribution in [0.3, 0.4) is 0 Å². The number of hydrogen-bond acceptors (Lipinski definition) is 5. The quantitative estimate of drug-likeness (QED) is 0.348. The zero-order valence-corrected chi connectivity index (χ0v) is 19.9. The summed E-state index contributed by atoms with van der Waals surface area (Å²) in [5, 5.41) is 9.52. The number of carboxylic acids is 1. The molecule has 7 heteroatoms. The van der Waals surface area contributed by atoms with Gasteiger partial charge in [-0.15, -0.1) is 0 Å². The zero-order chi connectivity index (χ0) is 24.6. The fraction of sp³-hybridized carbons (Fsp3) is 0.296. The molecule has 0 amide bonds. The Hall–Kier alpha value is -3.32. The van der Waals surface area contributed by atoms with E-state index in [1.165, 1.54) is 36.4 Å². The van der Waals surface area contributed by atoms with E-state index in [2.05, 4.69) is 11.9 Å². The molecule has 34 heavy (non-hydrogen) atoms. The van der Waals surface area contributed by atoms with Gasteiger partial charge >= 0.3 is 5.97 Å². The van der Waals surface area contributed by atoms with Gasteiger partial charge in [0.15, 0.2) is 5.78 Å². The topological polar surface area (TPSA) is 101 Å². The Morgan fingerprint density at radius 3 is 2.26 bits per heavy atom. The van der Waals surface area contributed by atoms with E-state index in [0.717, 1.165) is 25.7 Å². The van der Waals surface area contributed by atoms with E-state index in [1.54, 1.807) is 42.5 Å². The van der Waals surface area contributed by atoms with E-state index >= 15 is 0 Å². The number of nitrogens with zero attached hydrogens (tertiary/aromatic N) is 1. The number of hydrogen-bond donors (Lipinski definition) is 1. The molecule has 178 valence electrons. The molecule has 0 heterocycles. The van der Waals surface area contributed by atoms with E-state index in [1.807, 2.05) is 0 Å². The van der Waals surface area contributed by atoms with Crippen molar-refractivity contribution in [2.75, 3.05) is 0 Å². The first-order valence-corrected chi connectivity index (χ1v) is 12.9. The fourth-order valence-corrected chi connectivity index (χ4v) is 5.07. The second-order valence-electron chi connectivity index (χ2n) is 8.18. The molecule has 6 nitrogen and oxygen atoms in total. The van der Waals surface area contributed by atoms with Gasteiger partial charge in [0.25, 0.3) is 0 Å². The maximum absolute atomic E-state index is 13.3. The monoisotopic (exact) mass is 479 g/mol. The Balaban J connectivity index is 1.87. The van der Waals surface area contributed by atoms with Crippen molar-refractivity contribution in [1.82, 2.24) is 0 Å². The smallest absolute Gasteiger partial charge is 0.316 e. The summed E-state index contributed by atoms with van der Waals surface area (Å²) in [6.07, 6.45) is 10.9. The minimum absolute atomic E-state index is 0.104. The van der Waals surface area contributed by atoms with Crippen molar-refractivity contribution in [3.63, 3.8) is 0 Å². The summed E-state index contributed by atoms with van der Waals surface area (Å²) >= 11 is 0. The van der Waals surface area contributed by atoms with Crippen molar-refractivity contribution in [3.05, 3.63) is 84.5 Å². The molecule has 2 atom stereocenters. The Kier molecular flexibility index (Phi) is 8.71. The van der Waals surface area contributed by atoms with Crippen LogP contribution in [0.15, 0.2) is 93.7 Å². The van der Waals surface area contributed by atoms with Crippen molar-refractivity contribution in [3.8, 4) is 0 Å². The summed E-state index contributed by atoms with van der Waals surface area (Å²) in [5.41, 5.74) is 0.686. The maximum atomic E-state index is 13.3. The first kappa shape index (κ1) is 25.3. The fourth-order valence-electron chi connectivity index (χ4n) is 3.79. The first-order chi connectivity index (χ1) is 16.3. The third kappa shape index (κ3) is 6.17. The number of carbonyl (C=O) groups excluding carboxylic acids is 1. The molecule has 0 saturated carbocycles. The molecule has 1 N–H and O–H groups in total. The Morgan fingerprint density at radius 2 is 1.62 bits per heavy atom. The largest absolute Gasteiger partial charge is 0.481 e. The molecule has 0 radical (unpaired) electrons. The lowest BCUT2D eigenvalue weighted by atomic mass is 9.95. The van der Waals surface area contributed by atoms with Gasteiger partial charge in [-0.1, -0.05) is 81.2 Å². The number of allylic oxidation sites excluding steroid dienone is 3. The van der Waals surface area contributed by atoms with Crippen molar-refractivity contribution in [1.29, 1.82) is 0 Å². The van der Waals surface area contributed by atoms with Gasteiger partial charge in [-0.25, -0.2) is 8.42 Å². The SMILES string of the molecule is CCCCCCC(N=C1C=CC=CC1C(=O)O)C(=O)c1ccc(S(=O)(=O)c2ccccc2)cc1. The predicted octanol–water partition coefficient (Wildman–Crippen LogP) is 5.31. The van der Waals surface area contributed by atoms with Crippen LogP contribution in [0.4, 0.5) is 0 Å². The van der Waals surface area contributed by atoms with Gasteiger partial charge in [0.1, 0.15) is 12.0 Å². The second-order valence-corrected chi connectivity index (χ2v) is 10.1. The van der Waals surface area contributed by atoms with E-state index in [9.17, 15) is 23.1 Å². The van der Waals surface area contributed by atoms with Crippen LogP contribution in [0.5, 0.6) is 0 Å². The van der Waals surface area contributed by atoms with E-state index < -0.39 is 27.8 Å². The third-order valence-corrected chi connectivity index (χ3v) is 7.49. The van der Waals surface area contributed by atoms with Gasteiger partial charge in [-0.3, -0.25) is 14.6 Å². The Labute approximate surface area is 200 Å². The Bertz CT molecular complexity index is 1200.